The van der Waals surface area contributed by atoms with E-state index in [1.54, 1.807) is 18.2 Å². The number of methoxy groups -OCH3 is 1. The molecule has 21 heavy (non-hydrogen) atoms. The Hall–Kier alpha value is -2.75. The molecule has 0 atom stereocenters. The SMILES string of the molecule is COc1cccc(C#N)c1NC(=O)N(CC(=O)O)C1CC1. The van der Waals surface area contributed by atoms with Crippen LogP contribution in [0.4, 0.5) is 10.5 Å². The normalized spacial score (nSPS) is 13.1. The van der Waals surface area contributed by atoms with Gasteiger partial charge in [-0.25, -0.2) is 4.79 Å². The summed E-state index contributed by atoms with van der Waals surface area (Å²) >= 11 is 0. The first-order valence-electron chi connectivity index (χ1n) is 6.43. The molecule has 0 bridgehead atoms. The van der Waals surface area contributed by atoms with E-state index < -0.39 is 12.0 Å². The van der Waals surface area contributed by atoms with Crippen molar-refractivity contribution in [2.24, 2.45) is 0 Å². The molecule has 1 aromatic rings. The Kier molecular flexibility index (Phi) is 4.28. The lowest BCUT2D eigenvalue weighted by molar-refractivity contribution is -0.137. The highest BCUT2D eigenvalue weighted by molar-refractivity contribution is 5.94. The van der Waals surface area contributed by atoms with Crippen molar-refractivity contribution in [1.82, 2.24) is 4.90 Å². The molecule has 0 heterocycles. The fraction of sp³-hybridized carbons (Fsp3) is 0.357. The number of nitriles is 1. The highest BCUT2D eigenvalue weighted by atomic mass is 16.5. The number of para-hydroxylation sites is 1. The quantitative estimate of drug-likeness (QED) is 0.858. The molecule has 0 aliphatic heterocycles. The van der Waals surface area contributed by atoms with Crippen LogP contribution in [0.15, 0.2) is 18.2 Å². The predicted octanol–water partition coefficient (Wildman–Crippen LogP) is 1.65. The van der Waals surface area contributed by atoms with Crippen LogP contribution in [0.3, 0.4) is 0 Å². The molecule has 0 spiro atoms. The molecular weight excluding hydrogens is 274 g/mol. The van der Waals surface area contributed by atoms with Gasteiger partial charge >= 0.3 is 12.0 Å². The van der Waals surface area contributed by atoms with Crippen LogP contribution < -0.4 is 10.1 Å². The zero-order valence-corrected chi connectivity index (χ0v) is 11.5. The number of aliphatic carboxylic acids is 1. The molecule has 0 unspecified atom stereocenters. The number of hydrogen-bond donors (Lipinski definition) is 2. The van der Waals surface area contributed by atoms with Crippen molar-refractivity contribution in [2.45, 2.75) is 18.9 Å². The Morgan fingerprint density at radius 3 is 2.76 bits per heavy atom. The number of nitrogens with zero attached hydrogens (tertiary/aromatic N) is 2. The van der Waals surface area contributed by atoms with E-state index in [4.69, 9.17) is 15.1 Å². The van der Waals surface area contributed by atoms with Gasteiger partial charge in [-0.15, -0.1) is 0 Å². The average Bonchev–Trinajstić information content (AvgIpc) is 3.29. The summed E-state index contributed by atoms with van der Waals surface area (Å²) in [5.41, 5.74) is 0.511. The van der Waals surface area contributed by atoms with Gasteiger partial charge in [0.15, 0.2) is 0 Å². The number of ether oxygens (including phenoxy) is 1. The molecule has 1 aliphatic carbocycles. The Morgan fingerprint density at radius 2 is 2.24 bits per heavy atom. The number of nitrogens with one attached hydrogen (secondary N) is 1. The number of carbonyl (C=O) groups excluding carboxylic acids is 1. The third kappa shape index (κ3) is 3.42. The maximum absolute atomic E-state index is 12.3. The maximum atomic E-state index is 12.3. The van der Waals surface area contributed by atoms with Gasteiger partial charge in [-0.2, -0.15) is 5.26 Å². The number of urea groups is 1. The van der Waals surface area contributed by atoms with E-state index in [0.29, 0.717) is 5.75 Å². The Labute approximate surface area is 121 Å². The van der Waals surface area contributed by atoms with Crippen molar-refractivity contribution in [1.29, 1.82) is 5.26 Å². The molecule has 2 N–H and O–H groups in total. The summed E-state index contributed by atoms with van der Waals surface area (Å²) in [4.78, 5) is 24.4. The van der Waals surface area contributed by atoms with Gasteiger partial charge in [-0.05, 0) is 25.0 Å². The van der Waals surface area contributed by atoms with E-state index in [1.165, 1.54) is 12.0 Å². The van der Waals surface area contributed by atoms with Crippen molar-refractivity contribution in [3.8, 4) is 11.8 Å². The van der Waals surface area contributed by atoms with Gasteiger partial charge in [-0.1, -0.05) is 6.07 Å². The summed E-state index contributed by atoms with van der Waals surface area (Å²) in [7, 11) is 1.43. The highest BCUT2D eigenvalue weighted by Crippen LogP contribution is 2.31. The standard InChI is InChI=1S/C14H15N3O4/c1-21-11-4-2-3-9(7-15)13(11)16-14(20)17(8-12(18)19)10-5-6-10/h2-4,10H,5-6,8H2,1H3,(H,16,20)(H,18,19). The summed E-state index contributed by atoms with van der Waals surface area (Å²) < 4.78 is 5.12. The molecule has 1 fully saturated rings. The largest absolute Gasteiger partial charge is 0.495 e. The third-order valence-corrected chi connectivity index (χ3v) is 3.15. The van der Waals surface area contributed by atoms with Gasteiger partial charge in [0.1, 0.15) is 24.1 Å². The summed E-state index contributed by atoms with van der Waals surface area (Å²) in [5, 5.41) is 20.6. The van der Waals surface area contributed by atoms with Crippen molar-refractivity contribution < 1.29 is 19.4 Å². The van der Waals surface area contributed by atoms with Gasteiger partial charge in [-0.3, -0.25) is 4.79 Å². The Morgan fingerprint density at radius 1 is 1.52 bits per heavy atom. The van der Waals surface area contributed by atoms with Crippen molar-refractivity contribution in [3.05, 3.63) is 23.8 Å². The molecule has 1 aliphatic rings. The van der Waals surface area contributed by atoms with Gasteiger partial charge in [0.2, 0.25) is 0 Å². The van der Waals surface area contributed by atoms with Gasteiger partial charge in [0.25, 0.3) is 0 Å². The van der Waals surface area contributed by atoms with E-state index >= 15 is 0 Å². The minimum atomic E-state index is -1.07. The molecule has 1 saturated carbocycles. The van der Waals surface area contributed by atoms with Crippen molar-refractivity contribution >= 4 is 17.7 Å². The van der Waals surface area contributed by atoms with E-state index in [2.05, 4.69) is 5.32 Å². The number of hydrogen-bond acceptors (Lipinski definition) is 4. The number of amides is 2. The number of carbonyl (C=O) groups is 2. The van der Waals surface area contributed by atoms with Crippen LogP contribution in [0.1, 0.15) is 18.4 Å². The second-order valence-electron chi connectivity index (χ2n) is 4.68. The number of carboxylic acids is 1. The van der Waals surface area contributed by atoms with Gasteiger partial charge < -0.3 is 20.1 Å². The number of rotatable bonds is 5. The molecule has 7 heteroatoms. The third-order valence-electron chi connectivity index (χ3n) is 3.15. The second-order valence-corrected chi connectivity index (χ2v) is 4.68. The van der Waals surface area contributed by atoms with Crippen LogP contribution in [-0.2, 0) is 4.79 Å². The summed E-state index contributed by atoms with van der Waals surface area (Å²) in [6.45, 7) is -0.368. The van der Waals surface area contributed by atoms with Crippen LogP contribution in [-0.4, -0.2) is 41.7 Å². The Balaban J connectivity index is 2.22. The van der Waals surface area contributed by atoms with Crippen LogP contribution in [0.25, 0.3) is 0 Å². The Bertz CT molecular complexity index is 605. The molecule has 2 rings (SSSR count). The van der Waals surface area contributed by atoms with Gasteiger partial charge in [0.05, 0.1) is 12.7 Å². The predicted molar refractivity (Wildman–Crippen MR) is 74.1 cm³/mol. The lowest BCUT2D eigenvalue weighted by atomic mass is 10.2. The molecule has 7 nitrogen and oxygen atoms in total. The maximum Gasteiger partial charge on any atom is 0.323 e. The molecule has 0 radical (unpaired) electrons. The smallest absolute Gasteiger partial charge is 0.323 e. The fourth-order valence-electron chi connectivity index (χ4n) is 2.00. The van der Waals surface area contributed by atoms with E-state index in [1.807, 2.05) is 6.07 Å². The van der Waals surface area contributed by atoms with Crippen molar-refractivity contribution in [2.75, 3.05) is 19.0 Å². The lowest BCUT2D eigenvalue weighted by Crippen LogP contribution is -2.40. The van der Waals surface area contributed by atoms with Gasteiger partial charge in [0, 0.05) is 6.04 Å². The van der Waals surface area contributed by atoms with Crippen LogP contribution in [0.5, 0.6) is 5.75 Å². The summed E-state index contributed by atoms with van der Waals surface area (Å²) in [6.07, 6.45) is 1.58. The minimum absolute atomic E-state index is 0.0543. The number of benzene rings is 1. The zero-order chi connectivity index (χ0) is 15.4. The average molecular weight is 289 g/mol. The lowest BCUT2D eigenvalue weighted by Gasteiger charge is -2.21. The van der Waals surface area contributed by atoms with E-state index in [0.717, 1.165) is 12.8 Å². The zero-order valence-electron chi connectivity index (χ0n) is 11.5. The highest BCUT2D eigenvalue weighted by Gasteiger charge is 2.34. The fourth-order valence-corrected chi connectivity index (χ4v) is 2.00. The van der Waals surface area contributed by atoms with Crippen LogP contribution in [0.2, 0.25) is 0 Å². The van der Waals surface area contributed by atoms with E-state index in [9.17, 15) is 9.59 Å². The monoisotopic (exact) mass is 289 g/mol. The minimum Gasteiger partial charge on any atom is -0.495 e. The van der Waals surface area contributed by atoms with Crippen molar-refractivity contribution in [3.63, 3.8) is 0 Å². The topological polar surface area (TPSA) is 103 Å². The summed E-state index contributed by atoms with van der Waals surface area (Å²) in [6, 6.07) is 6.19. The first kappa shape index (κ1) is 14.7. The molecule has 2 amide bonds. The molecule has 0 saturated heterocycles. The molecular formula is C14H15N3O4. The second kappa shape index (κ2) is 6.13. The number of carboxylic acid groups (broad SMARTS) is 1. The molecule has 110 valence electrons. The van der Waals surface area contributed by atoms with Crippen LogP contribution >= 0.6 is 0 Å². The first-order chi connectivity index (χ1) is 10.1. The molecule has 0 aromatic heterocycles. The summed E-state index contributed by atoms with van der Waals surface area (Å²) in [5.74, 6) is -0.717. The van der Waals surface area contributed by atoms with E-state index in [-0.39, 0.29) is 23.8 Å². The molecule has 1 aromatic carbocycles. The first-order valence-corrected chi connectivity index (χ1v) is 6.43. The number of anilines is 1. The van der Waals surface area contributed by atoms with Crippen LogP contribution in [0, 0.1) is 11.3 Å².